The number of hydrogen-bond acceptors (Lipinski definition) is 5. The Bertz CT molecular complexity index is 404. The van der Waals surface area contributed by atoms with Gasteiger partial charge < -0.3 is 14.8 Å². The molecule has 6 nitrogen and oxygen atoms in total. The molecule has 2 rings (SSSR count). The Labute approximate surface area is 92.3 Å². The molecule has 0 aromatic heterocycles. The van der Waals surface area contributed by atoms with Gasteiger partial charge in [0.2, 0.25) is 0 Å². The zero-order valence-corrected chi connectivity index (χ0v) is 8.80. The third-order valence-electron chi connectivity index (χ3n) is 2.39. The molecule has 0 saturated carbocycles. The van der Waals surface area contributed by atoms with E-state index in [9.17, 15) is 10.1 Å². The lowest BCUT2D eigenvalue weighted by molar-refractivity contribution is -0.384. The van der Waals surface area contributed by atoms with Crippen molar-refractivity contribution in [2.24, 2.45) is 0 Å². The molecule has 16 heavy (non-hydrogen) atoms. The Balaban J connectivity index is 2.23. The molecule has 0 unspecified atom stereocenters. The monoisotopic (exact) mass is 224 g/mol. The fraction of sp³-hybridized carbons (Fsp3) is 0.400. The summed E-state index contributed by atoms with van der Waals surface area (Å²) in [4.78, 5) is 10.2. The largest absolute Gasteiger partial charge is 0.495 e. The van der Waals surface area contributed by atoms with Gasteiger partial charge in [-0.05, 0) is 6.07 Å². The molecule has 0 amide bonds. The van der Waals surface area contributed by atoms with Gasteiger partial charge in [-0.15, -0.1) is 0 Å². The zero-order chi connectivity index (χ0) is 11.5. The number of non-ortho nitro benzene ring substituents is 1. The van der Waals surface area contributed by atoms with E-state index in [2.05, 4.69) is 5.32 Å². The van der Waals surface area contributed by atoms with Gasteiger partial charge in [-0.3, -0.25) is 10.1 Å². The second kappa shape index (κ2) is 4.36. The van der Waals surface area contributed by atoms with Crippen LogP contribution in [0.1, 0.15) is 0 Å². The maximum Gasteiger partial charge on any atom is 0.271 e. The van der Waals surface area contributed by atoms with Gasteiger partial charge in [-0.2, -0.15) is 0 Å². The van der Waals surface area contributed by atoms with Crippen molar-refractivity contribution in [3.8, 4) is 5.75 Å². The average Bonchev–Trinajstić information content (AvgIpc) is 2.23. The Kier molecular flexibility index (Phi) is 2.91. The highest BCUT2D eigenvalue weighted by atomic mass is 16.6. The molecule has 1 aliphatic heterocycles. The highest BCUT2D eigenvalue weighted by Gasteiger charge is 2.20. The summed E-state index contributed by atoms with van der Waals surface area (Å²) in [5, 5.41) is 13.8. The summed E-state index contributed by atoms with van der Waals surface area (Å²) in [7, 11) is 1.53. The standard InChI is InChI=1S/C10H12N2O4/c1-15-10-3-2-8(12(13)14)4-9(10)11-7-5-16-6-7/h2-4,7,11H,5-6H2,1H3. The predicted octanol–water partition coefficient (Wildman–Crippen LogP) is 1.41. The summed E-state index contributed by atoms with van der Waals surface area (Å²) in [6, 6.07) is 4.68. The van der Waals surface area contributed by atoms with E-state index in [0.717, 1.165) is 0 Å². The SMILES string of the molecule is COc1ccc([N+](=O)[O-])cc1NC1COC1. The van der Waals surface area contributed by atoms with Crippen LogP contribution < -0.4 is 10.1 Å². The van der Waals surface area contributed by atoms with Gasteiger partial charge in [0.25, 0.3) is 5.69 Å². The number of methoxy groups -OCH3 is 1. The minimum atomic E-state index is -0.429. The molecule has 86 valence electrons. The summed E-state index contributed by atoms with van der Waals surface area (Å²) in [6.45, 7) is 1.23. The van der Waals surface area contributed by atoms with Crippen LogP contribution in [-0.4, -0.2) is 31.3 Å². The number of hydrogen-bond donors (Lipinski definition) is 1. The number of benzene rings is 1. The quantitative estimate of drug-likeness (QED) is 0.618. The minimum Gasteiger partial charge on any atom is -0.495 e. The Morgan fingerprint density at radius 2 is 2.31 bits per heavy atom. The second-order valence-corrected chi connectivity index (χ2v) is 3.52. The molecule has 1 aliphatic rings. The van der Waals surface area contributed by atoms with E-state index in [1.54, 1.807) is 6.07 Å². The van der Waals surface area contributed by atoms with Gasteiger partial charge in [0.15, 0.2) is 0 Å². The van der Waals surface area contributed by atoms with Gasteiger partial charge in [-0.1, -0.05) is 0 Å². The van der Waals surface area contributed by atoms with Crippen molar-refractivity contribution in [1.82, 2.24) is 0 Å². The van der Waals surface area contributed by atoms with Crippen LogP contribution in [-0.2, 0) is 4.74 Å². The van der Waals surface area contributed by atoms with E-state index < -0.39 is 4.92 Å². The molecule has 1 N–H and O–H groups in total. The average molecular weight is 224 g/mol. The van der Waals surface area contributed by atoms with E-state index in [0.29, 0.717) is 24.7 Å². The molecule has 1 aromatic rings. The van der Waals surface area contributed by atoms with E-state index in [-0.39, 0.29) is 11.7 Å². The first-order valence-corrected chi connectivity index (χ1v) is 4.87. The molecular formula is C10H12N2O4. The molecule has 1 fully saturated rings. The Morgan fingerprint density at radius 1 is 1.56 bits per heavy atom. The highest BCUT2D eigenvalue weighted by Crippen LogP contribution is 2.30. The molecular weight excluding hydrogens is 212 g/mol. The van der Waals surface area contributed by atoms with E-state index in [4.69, 9.17) is 9.47 Å². The molecule has 1 saturated heterocycles. The molecule has 0 bridgehead atoms. The number of nitrogens with zero attached hydrogens (tertiary/aromatic N) is 1. The van der Waals surface area contributed by atoms with E-state index >= 15 is 0 Å². The predicted molar refractivity (Wildman–Crippen MR) is 57.9 cm³/mol. The summed E-state index contributed by atoms with van der Waals surface area (Å²) in [5.41, 5.74) is 0.675. The van der Waals surface area contributed by atoms with E-state index in [1.807, 2.05) is 0 Å². The van der Waals surface area contributed by atoms with E-state index in [1.165, 1.54) is 19.2 Å². The van der Waals surface area contributed by atoms with Crippen LogP contribution in [0.4, 0.5) is 11.4 Å². The van der Waals surface area contributed by atoms with Crippen LogP contribution in [0.3, 0.4) is 0 Å². The smallest absolute Gasteiger partial charge is 0.271 e. The maximum atomic E-state index is 10.6. The summed E-state index contributed by atoms with van der Waals surface area (Å²) in [6.07, 6.45) is 0. The fourth-order valence-corrected chi connectivity index (χ4v) is 1.46. The van der Waals surface area contributed by atoms with Crippen LogP contribution in [0, 0.1) is 10.1 Å². The molecule has 0 atom stereocenters. The maximum absolute atomic E-state index is 10.6. The van der Waals surface area contributed by atoms with Gasteiger partial charge in [-0.25, -0.2) is 0 Å². The lowest BCUT2D eigenvalue weighted by Gasteiger charge is -2.28. The molecule has 0 spiro atoms. The first-order chi connectivity index (χ1) is 7.70. The van der Waals surface area contributed by atoms with Gasteiger partial charge in [0.05, 0.1) is 37.0 Å². The minimum absolute atomic E-state index is 0.0449. The van der Waals surface area contributed by atoms with Crippen molar-refractivity contribution in [2.45, 2.75) is 6.04 Å². The van der Waals surface area contributed by atoms with Gasteiger partial charge >= 0.3 is 0 Å². The number of ether oxygens (including phenoxy) is 2. The van der Waals surface area contributed by atoms with Crippen LogP contribution in [0.2, 0.25) is 0 Å². The summed E-state index contributed by atoms with van der Waals surface area (Å²) < 4.78 is 10.1. The number of anilines is 1. The number of nitro benzene ring substituents is 1. The van der Waals surface area contributed by atoms with Crippen molar-refractivity contribution < 1.29 is 14.4 Å². The number of nitrogens with one attached hydrogen (secondary N) is 1. The third-order valence-corrected chi connectivity index (χ3v) is 2.39. The van der Waals surface area contributed by atoms with Crippen molar-refractivity contribution >= 4 is 11.4 Å². The molecule has 6 heteroatoms. The number of nitro groups is 1. The summed E-state index contributed by atoms with van der Waals surface area (Å²) in [5.74, 6) is 0.595. The highest BCUT2D eigenvalue weighted by molar-refractivity contribution is 5.62. The first-order valence-electron chi connectivity index (χ1n) is 4.87. The molecule has 0 aliphatic carbocycles. The Morgan fingerprint density at radius 3 is 2.81 bits per heavy atom. The normalized spacial score (nSPS) is 15.3. The topological polar surface area (TPSA) is 73.6 Å². The lowest BCUT2D eigenvalue weighted by atomic mass is 10.2. The number of rotatable bonds is 4. The summed E-state index contributed by atoms with van der Waals surface area (Å²) >= 11 is 0. The van der Waals surface area contributed by atoms with Crippen molar-refractivity contribution in [3.05, 3.63) is 28.3 Å². The zero-order valence-electron chi connectivity index (χ0n) is 8.80. The Hall–Kier alpha value is -1.82. The van der Waals surface area contributed by atoms with Crippen molar-refractivity contribution in [1.29, 1.82) is 0 Å². The first kappa shape index (κ1) is 10.7. The molecule has 1 heterocycles. The van der Waals surface area contributed by atoms with Crippen molar-refractivity contribution in [2.75, 3.05) is 25.6 Å². The van der Waals surface area contributed by atoms with Crippen LogP contribution in [0.25, 0.3) is 0 Å². The fourth-order valence-electron chi connectivity index (χ4n) is 1.46. The third kappa shape index (κ3) is 2.06. The van der Waals surface area contributed by atoms with Crippen LogP contribution in [0.5, 0.6) is 5.75 Å². The molecule has 1 aromatic carbocycles. The van der Waals surface area contributed by atoms with Gasteiger partial charge in [0.1, 0.15) is 5.75 Å². The van der Waals surface area contributed by atoms with Crippen LogP contribution >= 0.6 is 0 Å². The second-order valence-electron chi connectivity index (χ2n) is 3.52. The van der Waals surface area contributed by atoms with Gasteiger partial charge in [0, 0.05) is 12.1 Å². The van der Waals surface area contributed by atoms with Crippen LogP contribution in [0.15, 0.2) is 18.2 Å². The van der Waals surface area contributed by atoms with Crippen molar-refractivity contribution in [3.63, 3.8) is 0 Å². The molecule has 0 radical (unpaired) electrons. The lowest BCUT2D eigenvalue weighted by Crippen LogP contribution is -2.40.